The van der Waals surface area contributed by atoms with Crippen molar-refractivity contribution in [2.24, 2.45) is 5.92 Å². The number of nitrogens with one attached hydrogen (secondary N) is 2. The average molecular weight is 283 g/mol. The zero-order valence-corrected chi connectivity index (χ0v) is 13.2. The summed E-state index contributed by atoms with van der Waals surface area (Å²) < 4.78 is 0. The minimum Gasteiger partial charge on any atom is -0.353 e. The van der Waals surface area contributed by atoms with Crippen molar-refractivity contribution in [1.29, 1.82) is 0 Å². The molecule has 0 saturated carbocycles. The maximum atomic E-state index is 12.0. The van der Waals surface area contributed by atoms with E-state index in [1.807, 2.05) is 32.6 Å². The van der Waals surface area contributed by atoms with Crippen LogP contribution in [0.25, 0.3) is 0 Å². The fraction of sp³-hybridized carbons (Fsp3) is 0.867. The molecule has 0 aromatic rings. The van der Waals surface area contributed by atoms with Crippen LogP contribution < -0.4 is 10.6 Å². The highest BCUT2D eigenvalue weighted by molar-refractivity contribution is 5.79. The number of rotatable bonds is 5. The van der Waals surface area contributed by atoms with Gasteiger partial charge in [-0.3, -0.25) is 4.79 Å². The molecule has 5 nitrogen and oxygen atoms in total. The summed E-state index contributed by atoms with van der Waals surface area (Å²) in [7, 11) is 0. The Labute approximate surface area is 122 Å². The second kappa shape index (κ2) is 8.12. The number of hydrogen-bond acceptors (Lipinski definition) is 2. The number of hydrogen-bond donors (Lipinski definition) is 2. The van der Waals surface area contributed by atoms with E-state index in [0.717, 1.165) is 25.7 Å². The fourth-order valence-corrected chi connectivity index (χ4v) is 2.54. The fourth-order valence-electron chi connectivity index (χ4n) is 2.54. The van der Waals surface area contributed by atoms with E-state index in [2.05, 4.69) is 10.6 Å². The zero-order valence-electron chi connectivity index (χ0n) is 13.2. The van der Waals surface area contributed by atoms with Gasteiger partial charge in [-0.15, -0.1) is 0 Å². The quantitative estimate of drug-likeness (QED) is 0.812. The molecule has 2 N–H and O–H groups in total. The number of piperidine rings is 1. The molecule has 1 heterocycles. The minimum absolute atomic E-state index is 0.00442. The third-order valence-electron chi connectivity index (χ3n) is 3.90. The molecule has 0 radical (unpaired) electrons. The SMILES string of the molecule is CCC(CC)C(=O)NC1CCN(C(=O)NC(C)C)CC1. The topological polar surface area (TPSA) is 61.4 Å². The van der Waals surface area contributed by atoms with E-state index in [0.29, 0.717) is 13.1 Å². The number of urea groups is 1. The Morgan fingerprint density at radius 2 is 1.70 bits per heavy atom. The molecule has 0 aliphatic carbocycles. The molecule has 0 aromatic heterocycles. The molecule has 116 valence electrons. The van der Waals surface area contributed by atoms with Crippen LogP contribution in [-0.4, -0.2) is 42.0 Å². The van der Waals surface area contributed by atoms with E-state index in [4.69, 9.17) is 0 Å². The first kappa shape index (κ1) is 16.8. The number of amides is 3. The third kappa shape index (κ3) is 5.02. The van der Waals surface area contributed by atoms with Crippen LogP contribution in [-0.2, 0) is 4.79 Å². The Hall–Kier alpha value is -1.26. The second-order valence-electron chi connectivity index (χ2n) is 5.89. The van der Waals surface area contributed by atoms with Gasteiger partial charge in [-0.05, 0) is 39.5 Å². The monoisotopic (exact) mass is 283 g/mol. The summed E-state index contributed by atoms with van der Waals surface area (Å²) in [6, 6.07) is 0.380. The summed E-state index contributed by atoms with van der Waals surface area (Å²) in [6.07, 6.45) is 3.46. The van der Waals surface area contributed by atoms with Gasteiger partial charge in [0.2, 0.25) is 5.91 Å². The van der Waals surface area contributed by atoms with E-state index in [1.54, 1.807) is 0 Å². The van der Waals surface area contributed by atoms with Crippen LogP contribution in [0, 0.1) is 5.92 Å². The van der Waals surface area contributed by atoms with Gasteiger partial charge < -0.3 is 15.5 Å². The Morgan fingerprint density at radius 3 is 2.15 bits per heavy atom. The standard InChI is InChI=1S/C15H29N3O2/c1-5-12(6-2)14(19)17-13-7-9-18(10-8-13)15(20)16-11(3)4/h11-13H,5-10H2,1-4H3,(H,16,20)(H,17,19). The summed E-state index contributed by atoms with van der Waals surface area (Å²) in [6.45, 7) is 9.44. The van der Waals surface area contributed by atoms with Crippen molar-refractivity contribution < 1.29 is 9.59 Å². The highest BCUT2D eigenvalue weighted by atomic mass is 16.2. The van der Waals surface area contributed by atoms with Gasteiger partial charge in [0.25, 0.3) is 0 Å². The highest BCUT2D eigenvalue weighted by Gasteiger charge is 2.25. The lowest BCUT2D eigenvalue weighted by atomic mass is 10.00. The van der Waals surface area contributed by atoms with E-state index < -0.39 is 0 Å². The molecule has 1 fully saturated rings. The predicted octanol–water partition coefficient (Wildman–Crippen LogP) is 2.12. The average Bonchev–Trinajstić information content (AvgIpc) is 2.40. The molecule has 1 aliphatic rings. The van der Waals surface area contributed by atoms with E-state index in [9.17, 15) is 9.59 Å². The van der Waals surface area contributed by atoms with Crippen LogP contribution in [0.15, 0.2) is 0 Å². The molecule has 20 heavy (non-hydrogen) atoms. The molecule has 0 atom stereocenters. The Morgan fingerprint density at radius 1 is 1.15 bits per heavy atom. The first-order valence-corrected chi connectivity index (χ1v) is 7.83. The summed E-state index contributed by atoms with van der Waals surface area (Å²) in [4.78, 5) is 25.7. The van der Waals surface area contributed by atoms with Crippen LogP contribution in [0.4, 0.5) is 4.79 Å². The van der Waals surface area contributed by atoms with Crippen molar-refractivity contribution in [3.8, 4) is 0 Å². The van der Waals surface area contributed by atoms with Crippen LogP contribution in [0.1, 0.15) is 53.4 Å². The van der Waals surface area contributed by atoms with Crippen molar-refractivity contribution >= 4 is 11.9 Å². The summed E-state index contributed by atoms with van der Waals surface area (Å²) in [5, 5.41) is 6.03. The van der Waals surface area contributed by atoms with Crippen LogP contribution >= 0.6 is 0 Å². The molecule has 1 rings (SSSR count). The van der Waals surface area contributed by atoms with Gasteiger partial charge in [0.15, 0.2) is 0 Å². The Balaban J connectivity index is 2.35. The molecule has 3 amide bonds. The van der Waals surface area contributed by atoms with E-state index in [1.165, 1.54) is 0 Å². The number of carbonyl (C=O) groups excluding carboxylic acids is 2. The van der Waals surface area contributed by atoms with Crippen LogP contribution in [0.5, 0.6) is 0 Å². The largest absolute Gasteiger partial charge is 0.353 e. The molecule has 0 bridgehead atoms. The molecular formula is C15H29N3O2. The molecule has 0 unspecified atom stereocenters. The van der Waals surface area contributed by atoms with Gasteiger partial charge in [-0.1, -0.05) is 13.8 Å². The Kier molecular flexibility index (Phi) is 6.82. The van der Waals surface area contributed by atoms with Crippen molar-refractivity contribution in [3.63, 3.8) is 0 Å². The summed E-state index contributed by atoms with van der Waals surface area (Å²) >= 11 is 0. The molecule has 0 spiro atoms. The van der Waals surface area contributed by atoms with Gasteiger partial charge in [0.1, 0.15) is 0 Å². The maximum absolute atomic E-state index is 12.0. The van der Waals surface area contributed by atoms with E-state index in [-0.39, 0.29) is 29.9 Å². The van der Waals surface area contributed by atoms with Gasteiger partial charge >= 0.3 is 6.03 Å². The normalized spacial score (nSPS) is 16.6. The minimum atomic E-state index is 0.00442. The van der Waals surface area contributed by atoms with Crippen molar-refractivity contribution in [1.82, 2.24) is 15.5 Å². The van der Waals surface area contributed by atoms with Gasteiger partial charge in [-0.25, -0.2) is 4.79 Å². The smallest absolute Gasteiger partial charge is 0.317 e. The lowest BCUT2D eigenvalue weighted by molar-refractivity contribution is -0.126. The van der Waals surface area contributed by atoms with Gasteiger partial charge in [0, 0.05) is 31.1 Å². The first-order valence-electron chi connectivity index (χ1n) is 7.83. The zero-order chi connectivity index (χ0) is 15.1. The molecule has 1 saturated heterocycles. The van der Waals surface area contributed by atoms with E-state index >= 15 is 0 Å². The van der Waals surface area contributed by atoms with Crippen molar-refractivity contribution in [3.05, 3.63) is 0 Å². The third-order valence-corrected chi connectivity index (χ3v) is 3.90. The number of nitrogens with zero attached hydrogens (tertiary/aromatic N) is 1. The summed E-state index contributed by atoms with van der Waals surface area (Å²) in [5.74, 6) is 0.289. The molecule has 5 heteroatoms. The maximum Gasteiger partial charge on any atom is 0.317 e. The Bertz CT molecular complexity index is 319. The van der Waals surface area contributed by atoms with Crippen molar-refractivity contribution in [2.45, 2.75) is 65.5 Å². The highest BCUT2D eigenvalue weighted by Crippen LogP contribution is 2.13. The van der Waals surface area contributed by atoms with Crippen LogP contribution in [0.3, 0.4) is 0 Å². The number of carbonyl (C=O) groups is 2. The van der Waals surface area contributed by atoms with Gasteiger partial charge in [0.05, 0.1) is 0 Å². The first-order chi connectivity index (χ1) is 9.47. The lowest BCUT2D eigenvalue weighted by Crippen LogP contribution is -2.51. The number of likely N-dealkylation sites (tertiary alicyclic amines) is 1. The van der Waals surface area contributed by atoms with Gasteiger partial charge in [-0.2, -0.15) is 0 Å². The molecule has 1 aliphatic heterocycles. The van der Waals surface area contributed by atoms with Crippen molar-refractivity contribution in [2.75, 3.05) is 13.1 Å². The summed E-state index contributed by atoms with van der Waals surface area (Å²) in [5.41, 5.74) is 0. The molecule has 0 aromatic carbocycles. The van der Waals surface area contributed by atoms with Crippen LogP contribution in [0.2, 0.25) is 0 Å². The predicted molar refractivity (Wildman–Crippen MR) is 80.5 cm³/mol. The molecular weight excluding hydrogens is 254 g/mol. The lowest BCUT2D eigenvalue weighted by Gasteiger charge is -2.33. The second-order valence-corrected chi connectivity index (χ2v) is 5.89.